The molecule has 0 aliphatic heterocycles. The van der Waals surface area contributed by atoms with Crippen molar-refractivity contribution in [2.24, 2.45) is 17.3 Å². The number of unbranched alkanes of at least 4 members (excludes halogenated alkanes) is 8. The molecule has 0 heterocycles. The first-order valence-electron chi connectivity index (χ1n) is 12.1. The zero-order valence-electron chi connectivity index (χ0n) is 19.7. The molecule has 2 N–H and O–H groups in total. The molecule has 0 radical (unpaired) electrons. The van der Waals surface area contributed by atoms with E-state index in [0.29, 0.717) is 12.8 Å². The fourth-order valence-electron chi connectivity index (χ4n) is 4.13. The molecule has 0 aliphatic carbocycles. The van der Waals surface area contributed by atoms with E-state index in [4.69, 9.17) is 5.11 Å². The standard InChI is InChI=1S/C25H48O4/c1-21(2)15-11-7-5-9-13-18-25(24(28)29,20-17-23(26)27)19-14-10-6-8-12-16-22(3)4/h21-22H,5-20H2,1-4H3,(H,26,27)(H,28,29). The van der Waals surface area contributed by atoms with Crippen molar-refractivity contribution in [3.63, 3.8) is 0 Å². The first kappa shape index (κ1) is 27.9. The average Bonchev–Trinajstić information content (AvgIpc) is 2.63. The third-order valence-electron chi connectivity index (χ3n) is 6.14. The van der Waals surface area contributed by atoms with Crippen LogP contribution in [0.1, 0.15) is 130 Å². The SMILES string of the molecule is CC(C)CCCCCCCC(CCCCCCCC(C)C)(CCC(=O)O)C(=O)O. The summed E-state index contributed by atoms with van der Waals surface area (Å²) in [5.74, 6) is -0.191. The molecule has 0 aromatic heterocycles. The summed E-state index contributed by atoms with van der Waals surface area (Å²) in [4.78, 5) is 23.2. The number of carboxylic acids is 2. The van der Waals surface area contributed by atoms with E-state index in [1.54, 1.807) is 0 Å². The van der Waals surface area contributed by atoms with Gasteiger partial charge in [0.15, 0.2) is 0 Å². The van der Waals surface area contributed by atoms with E-state index in [-0.39, 0.29) is 12.8 Å². The van der Waals surface area contributed by atoms with Crippen LogP contribution in [0, 0.1) is 17.3 Å². The molecule has 4 nitrogen and oxygen atoms in total. The highest BCUT2D eigenvalue weighted by atomic mass is 16.4. The van der Waals surface area contributed by atoms with E-state index < -0.39 is 17.4 Å². The second-order valence-electron chi connectivity index (χ2n) is 9.88. The van der Waals surface area contributed by atoms with Crippen LogP contribution >= 0.6 is 0 Å². The van der Waals surface area contributed by atoms with E-state index in [1.807, 2.05) is 0 Å². The minimum Gasteiger partial charge on any atom is -0.481 e. The Morgan fingerprint density at radius 2 is 1.00 bits per heavy atom. The van der Waals surface area contributed by atoms with Crippen LogP contribution in [0.4, 0.5) is 0 Å². The first-order chi connectivity index (χ1) is 13.7. The van der Waals surface area contributed by atoms with Crippen molar-refractivity contribution in [2.45, 2.75) is 130 Å². The molecule has 0 spiro atoms. The smallest absolute Gasteiger partial charge is 0.309 e. The predicted molar refractivity (Wildman–Crippen MR) is 121 cm³/mol. The zero-order valence-corrected chi connectivity index (χ0v) is 19.7. The van der Waals surface area contributed by atoms with Crippen LogP contribution < -0.4 is 0 Å². The molecule has 0 unspecified atom stereocenters. The molecule has 0 atom stereocenters. The Kier molecular flexibility index (Phi) is 16.1. The molecule has 0 aromatic carbocycles. The van der Waals surface area contributed by atoms with Gasteiger partial charge in [0.1, 0.15) is 0 Å². The van der Waals surface area contributed by atoms with Gasteiger partial charge in [-0.05, 0) is 31.1 Å². The lowest BCUT2D eigenvalue weighted by Crippen LogP contribution is -2.32. The largest absolute Gasteiger partial charge is 0.481 e. The van der Waals surface area contributed by atoms with Gasteiger partial charge in [0, 0.05) is 6.42 Å². The van der Waals surface area contributed by atoms with Crippen molar-refractivity contribution in [3.05, 3.63) is 0 Å². The van der Waals surface area contributed by atoms with Gasteiger partial charge in [-0.15, -0.1) is 0 Å². The molecule has 29 heavy (non-hydrogen) atoms. The third kappa shape index (κ3) is 15.4. The molecular formula is C25H48O4. The van der Waals surface area contributed by atoms with Crippen molar-refractivity contribution >= 4 is 11.9 Å². The summed E-state index contributed by atoms with van der Waals surface area (Å²) in [5, 5.41) is 19.0. The molecule has 4 heteroatoms. The Labute approximate surface area is 179 Å². The Hall–Kier alpha value is -1.06. The molecule has 0 saturated carbocycles. The number of aliphatic carboxylic acids is 2. The molecule has 0 saturated heterocycles. The van der Waals surface area contributed by atoms with Gasteiger partial charge in [-0.3, -0.25) is 9.59 Å². The van der Waals surface area contributed by atoms with E-state index >= 15 is 0 Å². The average molecular weight is 413 g/mol. The van der Waals surface area contributed by atoms with Gasteiger partial charge < -0.3 is 10.2 Å². The first-order valence-corrected chi connectivity index (χ1v) is 12.1. The molecule has 0 amide bonds. The van der Waals surface area contributed by atoms with Gasteiger partial charge in [0.05, 0.1) is 5.41 Å². The third-order valence-corrected chi connectivity index (χ3v) is 6.14. The van der Waals surface area contributed by atoms with E-state index in [9.17, 15) is 14.7 Å². The second-order valence-corrected chi connectivity index (χ2v) is 9.88. The monoisotopic (exact) mass is 412 g/mol. The minimum atomic E-state index is -0.891. The molecule has 172 valence electrons. The normalized spacial score (nSPS) is 12.1. The maximum Gasteiger partial charge on any atom is 0.309 e. The van der Waals surface area contributed by atoms with Crippen LogP contribution in [0.3, 0.4) is 0 Å². The lowest BCUT2D eigenvalue weighted by Gasteiger charge is -2.29. The fraction of sp³-hybridized carbons (Fsp3) is 0.920. The number of rotatable bonds is 20. The maximum absolute atomic E-state index is 12.1. The van der Waals surface area contributed by atoms with E-state index in [2.05, 4.69) is 27.7 Å². The topological polar surface area (TPSA) is 74.6 Å². The molecule has 0 aliphatic rings. The molecule has 0 rings (SSSR count). The van der Waals surface area contributed by atoms with Crippen molar-refractivity contribution < 1.29 is 19.8 Å². The summed E-state index contributed by atoms with van der Waals surface area (Å²) in [6.07, 6.45) is 15.1. The predicted octanol–water partition coefficient (Wildman–Crippen LogP) is 7.70. The Morgan fingerprint density at radius 3 is 1.34 bits per heavy atom. The lowest BCUT2D eigenvalue weighted by molar-refractivity contribution is -0.151. The van der Waals surface area contributed by atoms with Gasteiger partial charge in [0.2, 0.25) is 0 Å². The number of carboxylic acid groups (broad SMARTS) is 2. The van der Waals surface area contributed by atoms with Crippen LogP contribution in [-0.2, 0) is 9.59 Å². The van der Waals surface area contributed by atoms with Crippen molar-refractivity contribution in [1.29, 1.82) is 0 Å². The summed E-state index contributed by atoms with van der Waals surface area (Å²) in [5.41, 5.74) is -0.853. The van der Waals surface area contributed by atoms with Gasteiger partial charge in [0.25, 0.3) is 0 Å². The Balaban J connectivity index is 4.41. The maximum atomic E-state index is 12.1. The van der Waals surface area contributed by atoms with Crippen molar-refractivity contribution in [1.82, 2.24) is 0 Å². The quantitative estimate of drug-likeness (QED) is 0.201. The Bertz CT molecular complexity index is 407. The number of carbonyl (C=O) groups is 2. The Morgan fingerprint density at radius 1 is 0.621 bits per heavy atom. The molecule has 0 bridgehead atoms. The highest BCUT2D eigenvalue weighted by Gasteiger charge is 2.37. The molecule has 0 fully saturated rings. The van der Waals surface area contributed by atoms with Gasteiger partial charge in [-0.1, -0.05) is 105 Å². The summed E-state index contributed by atoms with van der Waals surface area (Å²) in [6, 6.07) is 0. The van der Waals surface area contributed by atoms with Crippen LogP contribution in [0.5, 0.6) is 0 Å². The number of hydrogen-bond donors (Lipinski definition) is 2. The zero-order chi connectivity index (χ0) is 22.1. The van der Waals surface area contributed by atoms with E-state index in [0.717, 1.165) is 50.4 Å². The van der Waals surface area contributed by atoms with Crippen LogP contribution in [0.25, 0.3) is 0 Å². The van der Waals surface area contributed by atoms with Crippen molar-refractivity contribution in [3.8, 4) is 0 Å². The summed E-state index contributed by atoms with van der Waals surface area (Å²) in [6.45, 7) is 8.98. The van der Waals surface area contributed by atoms with Crippen LogP contribution in [-0.4, -0.2) is 22.2 Å². The lowest BCUT2D eigenvalue weighted by atomic mass is 9.74. The van der Waals surface area contributed by atoms with E-state index in [1.165, 1.54) is 38.5 Å². The molecular weight excluding hydrogens is 364 g/mol. The summed E-state index contributed by atoms with van der Waals surface area (Å²) in [7, 11) is 0. The highest BCUT2D eigenvalue weighted by Crippen LogP contribution is 2.37. The van der Waals surface area contributed by atoms with Gasteiger partial charge in [-0.25, -0.2) is 0 Å². The second kappa shape index (κ2) is 16.7. The van der Waals surface area contributed by atoms with Gasteiger partial charge >= 0.3 is 11.9 Å². The summed E-state index contributed by atoms with van der Waals surface area (Å²) < 4.78 is 0. The van der Waals surface area contributed by atoms with Crippen LogP contribution in [0.15, 0.2) is 0 Å². The molecule has 0 aromatic rings. The fourth-order valence-corrected chi connectivity index (χ4v) is 4.13. The van der Waals surface area contributed by atoms with Gasteiger partial charge in [-0.2, -0.15) is 0 Å². The van der Waals surface area contributed by atoms with Crippen LogP contribution in [0.2, 0.25) is 0 Å². The van der Waals surface area contributed by atoms with Crippen molar-refractivity contribution in [2.75, 3.05) is 0 Å². The minimum absolute atomic E-state index is 0.0466. The number of hydrogen-bond acceptors (Lipinski definition) is 2. The summed E-state index contributed by atoms with van der Waals surface area (Å²) >= 11 is 0. The highest BCUT2D eigenvalue weighted by molar-refractivity contribution is 5.76.